The average Bonchev–Trinajstić information content (AvgIpc) is 2.31. The highest BCUT2D eigenvalue weighted by atomic mass is 35.5. The molecule has 0 aromatic heterocycles. The predicted molar refractivity (Wildman–Crippen MR) is 73.1 cm³/mol. The van der Waals surface area contributed by atoms with Crippen LogP contribution in [0.25, 0.3) is 0 Å². The van der Waals surface area contributed by atoms with Crippen LogP contribution in [0.2, 0.25) is 5.02 Å². The van der Waals surface area contributed by atoms with Gasteiger partial charge < -0.3 is 5.73 Å². The van der Waals surface area contributed by atoms with Gasteiger partial charge in [0.1, 0.15) is 22.3 Å². The normalized spacial score (nSPS) is 11.6. The zero-order chi connectivity index (χ0) is 15.8. The molecule has 2 aromatic rings. The summed E-state index contributed by atoms with van der Waals surface area (Å²) in [4.78, 5) is -1.14. The molecule has 2 rings (SSSR count). The van der Waals surface area contributed by atoms with E-state index in [9.17, 15) is 21.6 Å². The molecule has 0 aliphatic carbocycles. The fraction of sp³-hybridized carbons (Fsp3) is 0.0769. The largest absolute Gasteiger partial charge is 0.399 e. The number of benzene rings is 2. The third kappa shape index (κ3) is 3.30. The van der Waals surface area contributed by atoms with Gasteiger partial charge in [-0.2, -0.15) is 0 Å². The number of anilines is 1. The van der Waals surface area contributed by atoms with Gasteiger partial charge in [0.2, 0.25) is 0 Å². The van der Waals surface area contributed by atoms with E-state index >= 15 is 0 Å². The van der Waals surface area contributed by atoms with Crippen LogP contribution >= 0.6 is 11.6 Å². The first-order chi connectivity index (χ1) is 9.70. The number of hydrogen-bond donors (Lipinski definition) is 1. The highest BCUT2D eigenvalue weighted by Gasteiger charge is 2.26. The van der Waals surface area contributed by atoms with Gasteiger partial charge in [-0.05, 0) is 30.3 Å². The van der Waals surface area contributed by atoms with Crippen LogP contribution in [0.1, 0.15) is 5.56 Å². The molecule has 0 atom stereocenters. The maximum atomic E-state index is 13.7. The second kappa shape index (κ2) is 5.57. The van der Waals surface area contributed by atoms with Crippen molar-refractivity contribution >= 4 is 27.1 Å². The molecule has 0 aliphatic heterocycles. The summed E-state index contributed by atoms with van der Waals surface area (Å²) in [6.45, 7) is 0. The molecule has 0 spiro atoms. The Morgan fingerprint density at radius 1 is 1.00 bits per heavy atom. The second-order valence-corrected chi connectivity index (χ2v) is 6.67. The summed E-state index contributed by atoms with van der Waals surface area (Å²) in [5.41, 5.74) is 4.68. The van der Waals surface area contributed by atoms with Gasteiger partial charge in [-0.15, -0.1) is 0 Å². The summed E-state index contributed by atoms with van der Waals surface area (Å²) in [7, 11) is -4.43. The Labute approximate surface area is 124 Å². The van der Waals surface area contributed by atoms with Gasteiger partial charge in [0.15, 0.2) is 9.84 Å². The van der Waals surface area contributed by atoms with E-state index in [2.05, 4.69) is 0 Å². The lowest BCUT2D eigenvalue weighted by Gasteiger charge is -2.09. The Morgan fingerprint density at radius 3 is 2.14 bits per heavy atom. The van der Waals surface area contributed by atoms with Crippen LogP contribution in [0.3, 0.4) is 0 Å². The van der Waals surface area contributed by atoms with E-state index in [1.165, 1.54) is 6.07 Å². The van der Waals surface area contributed by atoms with Gasteiger partial charge >= 0.3 is 0 Å². The lowest BCUT2D eigenvalue weighted by atomic mass is 10.2. The van der Waals surface area contributed by atoms with Crippen LogP contribution in [0.5, 0.6) is 0 Å². The van der Waals surface area contributed by atoms with Gasteiger partial charge in [0.05, 0.1) is 5.75 Å². The van der Waals surface area contributed by atoms with E-state index in [4.69, 9.17) is 17.3 Å². The van der Waals surface area contributed by atoms with E-state index in [0.29, 0.717) is 12.1 Å². The quantitative estimate of drug-likeness (QED) is 0.875. The molecule has 21 heavy (non-hydrogen) atoms. The fourth-order valence-electron chi connectivity index (χ4n) is 1.81. The number of rotatable bonds is 3. The van der Waals surface area contributed by atoms with Gasteiger partial charge in [0, 0.05) is 16.3 Å². The molecule has 0 aliphatic rings. The van der Waals surface area contributed by atoms with Gasteiger partial charge in [-0.25, -0.2) is 21.6 Å². The van der Waals surface area contributed by atoms with Gasteiger partial charge in [0.25, 0.3) is 0 Å². The molecule has 0 saturated heterocycles. The zero-order valence-electron chi connectivity index (χ0n) is 10.4. The number of nitrogens with two attached hydrogens (primary N) is 1. The summed E-state index contributed by atoms with van der Waals surface area (Å²) in [6.07, 6.45) is 0. The lowest BCUT2D eigenvalue weighted by Crippen LogP contribution is -2.11. The molecular weight excluding hydrogens is 327 g/mol. The van der Waals surface area contributed by atoms with Crippen LogP contribution in [0.4, 0.5) is 18.9 Å². The Morgan fingerprint density at radius 2 is 1.57 bits per heavy atom. The van der Waals surface area contributed by atoms with Crippen molar-refractivity contribution in [3.63, 3.8) is 0 Å². The van der Waals surface area contributed by atoms with Crippen LogP contribution in [0.15, 0.2) is 35.2 Å². The molecule has 112 valence electrons. The number of halogens is 4. The summed E-state index contributed by atoms with van der Waals surface area (Å²) in [6, 6.07) is 4.66. The van der Waals surface area contributed by atoms with E-state index in [1.54, 1.807) is 0 Å². The first-order valence-electron chi connectivity index (χ1n) is 5.62. The molecule has 3 nitrogen and oxygen atoms in total. The minimum Gasteiger partial charge on any atom is -0.399 e. The molecule has 0 fully saturated rings. The lowest BCUT2D eigenvalue weighted by molar-refractivity contribution is 0.519. The van der Waals surface area contributed by atoms with Crippen molar-refractivity contribution in [2.24, 2.45) is 0 Å². The first-order valence-corrected chi connectivity index (χ1v) is 7.65. The maximum absolute atomic E-state index is 13.7. The van der Waals surface area contributed by atoms with Gasteiger partial charge in [-0.3, -0.25) is 0 Å². The van der Waals surface area contributed by atoms with Crippen molar-refractivity contribution in [1.29, 1.82) is 0 Å². The standard InChI is InChI=1S/C13H9ClF3NO2S/c14-8-1-2-10(15)7(3-8)6-21(19,20)13-11(16)4-9(18)5-12(13)17/h1-5H,6,18H2. The molecule has 0 bridgehead atoms. The SMILES string of the molecule is Nc1cc(F)c(S(=O)(=O)Cc2cc(Cl)ccc2F)c(F)c1. The fourth-order valence-corrected chi connectivity index (χ4v) is 3.49. The van der Waals surface area contributed by atoms with Crippen molar-refractivity contribution in [2.45, 2.75) is 10.6 Å². The molecule has 2 aromatic carbocycles. The second-order valence-electron chi connectivity index (χ2n) is 4.31. The number of nitrogen functional groups attached to an aromatic ring is 1. The van der Waals surface area contributed by atoms with E-state index in [1.807, 2.05) is 0 Å². The van der Waals surface area contributed by atoms with Crippen LogP contribution in [-0.2, 0) is 15.6 Å². The molecule has 2 N–H and O–H groups in total. The maximum Gasteiger partial charge on any atom is 0.188 e. The average molecular weight is 336 g/mol. The van der Waals surface area contributed by atoms with E-state index < -0.39 is 37.9 Å². The Bertz CT molecular complexity index is 786. The third-order valence-electron chi connectivity index (χ3n) is 2.68. The molecule has 0 heterocycles. The molecular formula is C13H9ClF3NO2S. The van der Waals surface area contributed by atoms with E-state index in [0.717, 1.165) is 12.1 Å². The van der Waals surface area contributed by atoms with Crippen LogP contribution in [0, 0.1) is 17.5 Å². The number of sulfone groups is 1. The minimum absolute atomic E-state index is 0.111. The monoisotopic (exact) mass is 335 g/mol. The number of hydrogen-bond acceptors (Lipinski definition) is 3. The van der Waals surface area contributed by atoms with Crippen molar-refractivity contribution in [3.05, 3.63) is 58.4 Å². The smallest absolute Gasteiger partial charge is 0.188 e. The summed E-state index contributed by atoms with van der Waals surface area (Å²) >= 11 is 5.65. The highest BCUT2D eigenvalue weighted by molar-refractivity contribution is 7.90. The Kier molecular flexibility index (Phi) is 4.15. The molecule has 0 amide bonds. The Balaban J connectivity index is 2.51. The van der Waals surface area contributed by atoms with Crippen LogP contribution < -0.4 is 5.73 Å². The van der Waals surface area contributed by atoms with Crippen molar-refractivity contribution < 1.29 is 21.6 Å². The van der Waals surface area contributed by atoms with Crippen LogP contribution in [-0.4, -0.2) is 8.42 Å². The Hall–Kier alpha value is -1.73. The third-order valence-corrected chi connectivity index (χ3v) is 4.62. The first kappa shape index (κ1) is 15.7. The van der Waals surface area contributed by atoms with Gasteiger partial charge in [-0.1, -0.05) is 11.6 Å². The molecule has 8 heteroatoms. The minimum atomic E-state index is -4.43. The zero-order valence-corrected chi connectivity index (χ0v) is 12.0. The predicted octanol–water partition coefficient (Wildman–Crippen LogP) is 3.31. The van der Waals surface area contributed by atoms with Crippen molar-refractivity contribution in [2.75, 3.05) is 5.73 Å². The molecule has 0 unspecified atom stereocenters. The topological polar surface area (TPSA) is 60.2 Å². The summed E-state index contributed by atoms with van der Waals surface area (Å²) in [5, 5.41) is 0.111. The molecule has 0 radical (unpaired) electrons. The summed E-state index contributed by atoms with van der Waals surface area (Å²) in [5.74, 6) is -4.40. The summed E-state index contributed by atoms with van der Waals surface area (Å²) < 4.78 is 65.1. The van der Waals surface area contributed by atoms with Crippen molar-refractivity contribution in [3.8, 4) is 0 Å². The highest BCUT2D eigenvalue weighted by Crippen LogP contribution is 2.26. The van der Waals surface area contributed by atoms with E-state index in [-0.39, 0.29) is 16.3 Å². The van der Waals surface area contributed by atoms with Crippen molar-refractivity contribution in [1.82, 2.24) is 0 Å². The molecule has 0 saturated carbocycles.